The lowest BCUT2D eigenvalue weighted by Gasteiger charge is -2.20. The summed E-state index contributed by atoms with van der Waals surface area (Å²) in [4.78, 5) is 16.6. The number of amides is 1. The number of thioether (sulfide) groups is 1. The van der Waals surface area contributed by atoms with Crippen molar-refractivity contribution in [3.63, 3.8) is 0 Å². The smallest absolute Gasteiger partial charge is 0.283 e. The Morgan fingerprint density at radius 3 is 2.46 bits per heavy atom. The van der Waals surface area contributed by atoms with Gasteiger partial charge in [0, 0.05) is 11.4 Å². The van der Waals surface area contributed by atoms with Crippen LogP contribution >= 0.6 is 11.8 Å². The van der Waals surface area contributed by atoms with Gasteiger partial charge in [-0.25, -0.2) is 0 Å². The molecule has 3 heterocycles. The maximum absolute atomic E-state index is 12.5. The molecule has 2 aromatic rings. The Bertz CT molecular complexity index is 1120. The average molecular weight is 392 g/mol. The van der Waals surface area contributed by atoms with Gasteiger partial charge in [-0.3, -0.25) is 10.2 Å². The van der Waals surface area contributed by atoms with Crippen LogP contribution in [-0.2, 0) is 4.79 Å². The van der Waals surface area contributed by atoms with E-state index in [1.807, 2.05) is 19.9 Å². The second kappa shape index (κ2) is 6.60. The fraction of sp³-hybridized carbons (Fsp3) is 0.238. The van der Waals surface area contributed by atoms with E-state index in [4.69, 9.17) is 5.41 Å². The average Bonchev–Trinajstić information content (AvgIpc) is 3.12. The molecule has 142 valence electrons. The number of carbonyl (C=O) groups is 1. The molecule has 0 bridgehead atoms. The minimum absolute atomic E-state index is 0.0659. The van der Waals surface area contributed by atoms with Gasteiger partial charge in [0.15, 0.2) is 5.84 Å². The molecule has 0 atom stereocenters. The second-order valence-corrected chi connectivity index (χ2v) is 8.20. The molecule has 0 fully saturated rings. The molecule has 1 amide bonds. The minimum atomic E-state index is -0.398. The van der Waals surface area contributed by atoms with Crippen LogP contribution in [0.25, 0.3) is 11.8 Å². The number of aromatic nitrogens is 1. The van der Waals surface area contributed by atoms with E-state index >= 15 is 0 Å². The quantitative estimate of drug-likeness (QED) is 0.774. The number of hydrogen-bond donors (Lipinski definition) is 1. The Balaban J connectivity index is 1.82. The first-order valence-corrected chi connectivity index (χ1v) is 9.82. The number of nitrogens with one attached hydrogen (secondary N) is 1. The number of aliphatic imine (C=N–C) groups is 1. The molecule has 1 aromatic carbocycles. The van der Waals surface area contributed by atoms with Gasteiger partial charge in [0.25, 0.3) is 5.91 Å². The summed E-state index contributed by atoms with van der Waals surface area (Å²) >= 11 is 1.31. The van der Waals surface area contributed by atoms with Crippen molar-refractivity contribution < 1.29 is 4.79 Å². The van der Waals surface area contributed by atoms with Crippen LogP contribution in [0.1, 0.15) is 35.0 Å². The molecule has 28 heavy (non-hydrogen) atoms. The number of carbonyl (C=O) groups excluding carboxylic acids is 1. The summed E-state index contributed by atoms with van der Waals surface area (Å²) < 4.78 is 2.21. The number of para-hydroxylation sites is 1. The van der Waals surface area contributed by atoms with Crippen LogP contribution in [0.2, 0.25) is 0 Å². The van der Waals surface area contributed by atoms with E-state index in [1.54, 1.807) is 6.08 Å². The van der Waals surface area contributed by atoms with E-state index in [-0.39, 0.29) is 11.4 Å². The molecule has 0 radical (unpaired) electrons. The van der Waals surface area contributed by atoms with Gasteiger partial charge in [0.2, 0.25) is 5.17 Å². The summed E-state index contributed by atoms with van der Waals surface area (Å²) in [5.74, 6) is -0.332. The van der Waals surface area contributed by atoms with Crippen molar-refractivity contribution in [2.75, 3.05) is 0 Å². The number of benzene rings is 1. The maximum atomic E-state index is 12.5. The third kappa shape index (κ3) is 2.82. The first-order chi connectivity index (χ1) is 13.3. The third-order valence-corrected chi connectivity index (χ3v) is 5.81. The molecular weight excluding hydrogens is 370 g/mol. The van der Waals surface area contributed by atoms with Crippen LogP contribution in [0.5, 0.6) is 0 Å². The van der Waals surface area contributed by atoms with E-state index in [2.05, 4.69) is 53.6 Å². The van der Waals surface area contributed by atoms with Gasteiger partial charge in [-0.05, 0) is 75.2 Å². The molecular formula is C21H21N5OS. The van der Waals surface area contributed by atoms with Crippen LogP contribution in [0.4, 0.5) is 0 Å². The van der Waals surface area contributed by atoms with E-state index in [0.29, 0.717) is 5.17 Å². The summed E-state index contributed by atoms with van der Waals surface area (Å²) in [6.07, 6.45) is 1.76. The highest BCUT2D eigenvalue weighted by Crippen LogP contribution is 2.30. The number of rotatable bonds is 2. The Morgan fingerprint density at radius 1 is 1.11 bits per heavy atom. The topological polar surface area (TPSA) is 73.8 Å². The molecule has 0 saturated carbocycles. The Morgan fingerprint density at radius 2 is 1.79 bits per heavy atom. The molecule has 0 saturated heterocycles. The lowest BCUT2D eigenvalue weighted by molar-refractivity contribution is -0.114. The molecule has 2 aliphatic heterocycles. The summed E-state index contributed by atoms with van der Waals surface area (Å²) in [5.41, 5.74) is 6.79. The lowest BCUT2D eigenvalue weighted by atomic mass is 10.1. The van der Waals surface area contributed by atoms with Crippen molar-refractivity contribution in [3.8, 4) is 5.69 Å². The SMILES string of the molecule is CC1=NN2C(=N)/C(=C/c3cc(C)n(-c4c(C)cccc4C)c3C)C(=O)N=C2S1. The highest BCUT2D eigenvalue weighted by atomic mass is 32.2. The second-order valence-electron chi connectivity index (χ2n) is 7.04. The number of fused-ring (bicyclic) bond motifs is 1. The lowest BCUT2D eigenvalue weighted by Crippen LogP contribution is -2.35. The summed E-state index contributed by atoms with van der Waals surface area (Å²) in [6, 6.07) is 8.29. The normalized spacial score (nSPS) is 17.9. The van der Waals surface area contributed by atoms with Crippen molar-refractivity contribution in [1.29, 1.82) is 5.41 Å². The molecule has 1 aromatic heterocycles. The number of nitrogens with zero attached hydrogens (tertiary/aromatic N) is 4. The van der Waals surface area contributed by atoms with E-state index in [1.165, 1.54) is 27.9 Å². The molecule has 4 rings (SSSR count). The zero-order chi connectivity index (χ0) is 20.2. The van der Waals surface area contributed by atoms with Crippen molar-refractivity contribution >= 4 is 39.8 Å². The van der Waals surface area contributed by atoms with Crippen LogP contribution in [-0.4, -0.2) is 31.5 Å². The molecule has 1 N–H and O–H groups in total. The Kier molecular flexibility index (Phi) is 4.34. The molecule has 0 unspecified atom stereocenters. The summed E-state index contributed by atoms with van der Waals surface area (Å²) in [6.45, 7) is 10.1. The van der Waals surface area contributed by atoms with Crippen LogP contribution in [0.15, 0.2) is 39.9 Å². The zero-order valence-corrected chi connectivity index (χ0v) is 17.3. The van der Waals surface area contributed by atoms with Gasteiger partial charge in [-0.15, -0.1) is 0 Å². The fourth-order valence-electron chi connectivity index (χ4n) is 3.68. The highest BCUT2D eigenvalue weighted by Gasteiger charge is 2.34. The predicted octanol–water partition coefficient (Wildman–Crippen LogP) is 4.35. The van der Waals surface area contributed by atoms with Crippen LogP contribution in [0.3, 0.4) is 0 Å². The number of amidine groups is 2. The predicted molar refractivity (Wildman–Crippen MR) is 115 cm³/mol. The van der Waals surface area contributed by atoms with Gasteiger partial charge in [0.05, 0.1) is 16.3 Å². The van der Waals surface area contributed by atoms with Crippen molar-refractivity contribution in [3.05, 3.63) is 57.9 Å². The first kappa shape index (κ1) is 18.4. The molecule has 7 heteroatoms. The Labute approximate surface area is 168 Å². The van der Waals surface area contributed by atoms with E-state index in [0.717, 1.165) is 27.7 Å². The molecule has 0 spiro atoms. The van der Waals surface area contributed by atoms with Gasteiger partial charge < -0.3 is 4.57 Å². The maximum Gasteiger partial charge on any atom is 0.283 e. The van der Waals surface area contributed by atoms with Gasteiger partial charge >= 0.3 is 0 Å². The van der Waals surface area contributed by atoms with Crippen molar-refractivity contribution in [2.24, 2.45) is 10.1 Å². The highest BCUT2D eigenvalue weighted by molar-refractivity contribution is 8.26. The van der Waals surface area contributed by atoms with E-state index < -0.39 is 5.91 Å². The monoisotopic (exact) mass is 391 g/mol. The first-order valence-electron chi connectivity index (χ1n) is 9.00. The van der Waals surface area contributed by atoms with E-state index in [9.17, 15) is 4.79 Å². The number of hydrazone groups is 1. The molecule has 0 aliphatic carbocycles. The largest absolute Gasteiger partial charge is 0.317 e. The summed E-state index contributed by atoms with van der Waals surface area (Å²) in [5, 5.41) is 15.4. The molecule has 2 aliphatic rings. The fourth-order valence-corrected chi connectivity index (χ4v) is 4.41. The zero-order valence-electron chi connectivity index (χ0n) is 16.5. The third-order valence-electron chi connectivity index (χ3n) is 4.99. The van der Waals surface area contributed by atoms with Gasteiger partial charge in [-0.2, -0.15) is 15.1 Å². The van der Waals surface area contributed by atoms with Crippen LogP contribution < -0.4 is 0 Å². The van der Waals surface area contributed by atoms with Gasteiger partial charge in [0.1, 0.15) is 0 Å². The number of aryl methyl sites for hydroxylation is 3. The summed E-state index contributed by atoms with van der Waals surface area (Å²) in [7, 11) is 0. The Hall–Kier alpha value is -2.93. The molecule has 6 nitrogen and oxygen atoms in total. The minimum Gasteiger partial charge on any atom is -0.317 e. The van der Waals surface area contributed by atoms with Crippen molar-refractivity contribution in [2.45, 2.75) is 34.6 Å². The standard InChI is InChI=1S/C21H21N5OS/c1-11-7-6-8-12(2)18(11)25-13(3)9-16(14(25)4)10-17-19(22)26-21(23-20(17)27)28-15(5)24-26/h6-10,22H,1-5H3/b17-10-,22-19?. The van der Waals surface area contributed by atoms with Crippen LogP contribution in [0, 0.1) is 33.1 Å². The van der Waals surface area contributed by atoms with Gasteiger partial charge in [-0.1, -0.05) is 18.2 Å². The van der Waals surface area contributed by atoms with Crippen molar-refractivity contribution in [1.82, 2.24) is 9.58 Å². The number of hydrogen-bond acceptors (Lipinski definition) is 4.